The fraction of sp³-hybridized carbons (Fsp3) is 0.594. The predicted molar refractivity (Wildman–Crippen MR) is 180 cm³/mol. The van der Waals surface area contributed by atoms with Crippen molar-refractivity contribution in [3.63, 3.8) is 0 Å². The number of piperidine rings is 2. The molecule has 4 aliphatic heterocycles. The van der Waals surface area contributed by atoms with Crippen LogP contribution in [0.15, 0.2) is 23.6 Å². The number of amides is 5. The highest BCUT2D eigenvalue weighted by Gasteiger charge is 2.38. The molecule has 5 heterocycles. The Morgan fingerprint density at radius 2 is 1.73 bits per heavy atom. The quantitative estimate of drug-likeness (QED) is 0.337. The van der Waals surface area contributed by atoms with E-state index in [1.807, 2.05) is 11.4 Å². The first-order valence-corrected chi connectivity index (χ1v) is 17.8. The van der Waals surface area contributed by atoms with E-state index in [1.165, 1.54) is 13.1 Å². The van der Waals surface area contributed by atoms with Crippen LogP contribution in [0.1, 0.15) is 41.7 Å². The van der Waals surface area contributed by atoms with E-state index in [9.17, 15) is 27.6 Å². The number of nitrogens with zero attached hydrogens (tertiary/aromatic N) is 4. The zero-order valence-corrected chi connectivity index (χ0v) is 28.4. The van der Waals surface area contributed by atoms with Gasteiger partial charge in [-0.05, 0) is 67.9 Å². The molecule has 0 bridgehead atoms. The number of rotatable bonds is 7. The van der Waals surface area contributed by atoms with Crippen molar-refractivity contribution in [3.8, 4) is 0 Å². The Bertz CT molecular complexity index is 1490. The summed E-state index contributed by atoms with van der Waals surface area (Å²) in [5, 5.41) is 13.5. The maximum atomic E-state index is 14.0. The molecule has 5 amide bonds. The first kappa shape index (κ1) is 34.6. The SMILES string of the molecule is CNc1c(Cl)cc(C[C@@H](NC(=O)N2CCC(N3Cc4sccc4NC3=O)CC2)C(=O)N2CCN(C3CCNCC3)CC2)cc1C(F)(F)F. The number of carbonyl (C=O) groups is 3. The summed E-state index contributed by atoms with van der Waals surface area (Å²) in [6.07, 6.45) is -1.60. The van der Waals surface area contributed by atoms with Gasteiger partial charge in [0.2, 0.25) is 5.91 Å². The van der Waals surface area contributed by atoms with Crippen molar-refractivity contribution in [2.45, 2.75) is 63.0 Å². The van der Waals surface area contributed by atoms with E-state index in [0.29, 0.717) is 64.7 Å². The van der Waals surface area contributed by atoms with Gasteiger partial charge in [0, 0.05) is 69.7 Å². The molecule has 262 valence electrons. The standard InChI is InChI=1S/C32H42ClF3N8O3S/c1-37-28-23(32(34,35)36)16-20(17-24(28)33)18-26(29(45)42-13-11-41(12-14-42)21-2-7-38-8-3-21)40-30(46)43-9-4-22(5-10-43)44-19-27-25(6-15-48-27)39-31(44)47/h6,15-17,21-22,26,37-38H,2-5,7-14,18-19H2,1H3,(H,39,47)(H,40,46)/t26-/m1/s1. The Hall–Kier alpha value is -3.27. The van der Waals surface area contributed by atoms with Gasteiger partial charge in [0.05, 0.1) is 28.5 Å². The highest BCUT2D eigenvalue weighted by atomic mass is 35.5. The number of thiophene rings is 1. The molecule has 4 N–H and O–H groups in total. The van der Waals surface area contributed by atoms with Gasteiger partial charge >= 0.3 is 18.2 Å². The van der Waals surface area contributed by atoms with Crippen molar-refractivity contribution in [1.29, 1.82) is 0 Å². The van der Waals surface area contributed by atoms with E-state index in [4.69, 9.17) is 11.6 Å². The molecule has 1 aromatic heterocycles. The fourth-order valence-corrected chi connectivity index (χ4v) is 8.46. The number of alkyl halides is 3. The number of hydrogen-bond acceptors (Lipinski definition) is 7. The van der Waals surface area contributed by atoms with Crippen LogP contribution in [0.25, 0.3) is 0 Å². The van der Waals surface area contributed by atoms with Crippen molar-refractivity contribution in [2.24, 2.45) is 0 Å². The molecule has 0 radical (unpaired) electrons. The molecule has 48 heavy (non-hydrogen) atoms. The van der Waals surface area contributed by atoms with Crippen LogP contribution in [0, 0.1) is 0 Å². The largest absolute Gasteiger partial charge is 0.418 e. The normalized spacial score (nSPS) is 20.7. The highest BCUT2D eigenvalue weighted by Crippen LogP contribution is 2.40. The maximum Gasteiger partial charge on any atom is 0.418 e. The van der Waals surface area contributed by atoms with Gasteiger partial charge in [-0.25, -0.2) is 9.59 Å². The number of urea groups is 2. The van der Waals surface area contributed by atoms with Crippen LogP contribution in [-0.4, -0.2) is 115 Å². The Balaban J connectivity index is 1.14. The van der Waals surface area contributed by atoms with Gasteiger partial charge in [-0.2, -0.15) is 13.2 Å². The maximum absolute atomic E-state index is 14.0. The van der Waals surface area contributed by atoms with Gasteiger partial charge < -0.3 is 36.0 Å². The van der Waals surface area contributed by atoms with Crippen molar-refractivity contribution < 1.29 is 27.6 Å². The highest BCUT2D eigenvalue weighted by molar-refractivity contribution is 7.10. The van der Waals surface area contributed by atoms with Crippen molar-refractivity contribution in [3.05, 3.63) is 44.6 Å². The van der Waals surface area contributed by atoms with E-state index in [2.05, 4.69) is 26.2 Å². The number of benzene rings is 1. The molecule has 3 saturated heterocycles. The van der Waals surface area contributed by atoms with E-state index < -0.39 is 23.8 Å². The van der Waals surface area contributed by atoms with Gasteiger partial charge in [0.15, 0.2) is 0 Å². The molecule has 4 aliphatic rings. The van der Waals surface area contributed by atoms with Crippen LogP contribution in [0.3, 0.4) is 0 Å². The zero-order valence-electron chi connectivity index (χ0n) is 26.9. The minimum atomic E-state index is -4.67. The lowest BCUT2D eigenvalue weighted by atomic mass is 9.99. The molecule has 0 aliphatic carbocycles. The Morgan fingerprint density at radius 3 is 2.40 bits per heavy atom. The third-order valence-electron chi connectivity index (χ3n) is 9.95. The minimum Gasteiger partial charge on any atom is -0.386 e. The molecule has 1 aromatic carbocycles. The van der Waals surface area contributed by atoms with E-state index >= 15 is 0 Å². The summed E-state index contributed by atoms with van der Waals surface area (Å²) in [5.74, 6) is -0.331. The summed E-state index contributed by atoms with van der Waals surface area (Å²) >= 11 is 7.87. The van der Waals surface area contributed by atoms with Crippen LogP contribution in [0.2, 0.25) is 5.02 Å². The molecule has 0 saturated carbocycles. The summed E-state index contributed by atoms with van der Waals surface area (Å²) < 4.78 is 42.0. The van der Waals surface area contributed by atoms with Crippen molar-refractivity contribution in [1.82, 2.24) is 30.2 Å². The lowest BCUT2D eigenvalue weighted by Gasteiger charge is -2.42. The topological polar surface area (TPSA) is 112 Å². The van der Waals surface area contributed by atoms with Crippen LogP contribution in [0.5, 0.6) is 0 Å². The monoisotopic (exact) mass is 710 g/mol. The van der Waals surface area contributed by atoms with Gasteiger partial charge in [0.25, 0.3) is 0 Å². The lowest BCUT2D eigenvalue weighted by Crippen LogP contribution is -2.59. The first-order chi connectivity index (χ1) is 23.0. The third-order valence-corrected chi connectivity index (χ3v) is 11.2. The van der Waals surface area contributed by atoms with E-state index in [1.54, 1.807) is 26.0 Å². The Labute approximate surface area is 287 Å². The predicted octanol–water partition coefficient (Wildman–Crippen LogP) is 4.49. The van der Waals surface area contributed by atoms with E-state index in [0.717, 1.165) is 42.6 Å². The van der Waals surface area contributed by atoms with E-state index in [-0.39, 0.29) is 40.7 Å². The van der Waals surface area contributed by atoms with Crippen molar-refractivity contribution in [2.75, 3.05) is 70.0 Å². The molecule has 0 unspecified atom stereocenters. The number of likely N-dealkylation sites (tertiary alicyclic amines) is 1. The molecule has 1 atom stereocenters. The van der Waals surface area contributed by atoms with Gasteiger partial charge in [-0.3, -0.25) is 9.69 Å². The molecule has 6 rings (SSSR count). The van der Waals surface area contributed by atoms with Crippen molar-refractivity contribution >= 4 is 52.3 Å². The second-order valence-electron chi connectivity index (χ2n) is 12.8. The molecular formula is C32H42ClF3N8O3S. The third kappa shape index (κ3) is 7.63. The first-order valence-electron chi connectivity index (χ1n) is 16.5. The van der Waals surface area contributed by atoms with Gasteiger partial charge in [0.1, 0.15) is 6.04 Å². The van der Waals surface area contributed by atoms with Crippen LogP contribution in [0.4, 0.5) is 34.1 Å². The number of halogens is 4. The average molecular weight is 711 g/mol. The number of carbonyl (C=O) groups excluding carboxylic acids is 3. The second-order valence-corrected chi connectivity index (χ2v) is 14.2. The molecule has 11 nitrogen and oxygen atoms in total. The number of hydrogen-bond donors (Lipinski definition) is 4. The molecule has 2 aromatic rings. The number of fused-ring (bicyclic) bond motifs is 1. The number of nitrogens with one attached hydrogen (secondary N) is 4. The Kier molecular flexibility index (Phi) is 10.6. The minimum absolute atomic E-state index is 0.0495. The lowest BCUT2D eigenvalue weighted by molar-refractivity contribution is -0.137. The van der Waals surface area contributed by atoms with Gasteiger partial charge in [-0.15, -0.1) is 11.3 Å². The number of anilines is 2. The number of piperazine rings is 1. The molecule has 3 fully saturated rings. The summed E-state index contributed by atoms with van der Waals surface area (Å²) in [4.78, 5) is 49.0. The summed E-state index contributed by atoms with van der Waals surface area (Å²) in [6, 6.07) is 3.00. The molecule has 16 heteroatoms. The summed E-state index contributed by atoms with van der Waals surface area (Å²) in [6.45, 7) is 5.52. The Morgan fingerprint density at radius 1 is 1.02 bits per heavy atom. The van der Waals surface area contributed by atoms with Gasteiger partial charge in [-0.1, -0.05) is 11.6 Å². The second kappa shape index (κ2) is 14.7. The van der Waals surface area contributed by atoms with Crippen LogP contribution in [-0.2, 0) is 23.9 Å². The molecular weight excluding hydrogens is 669 g/mol. The molecule has 0 spiro atoms. The van der Waals surface area contributed by atoms with Crippen LogP contribution >= 0.6 is 22.9 Å². The average Bonchev–Trinajstić information content (AvgIpc) is 3.54. The zero-order chi connectivity index (χ0) is 34.0. The summed E-state index contributed by atoms with van der Waals surface area (Å²) in [5.41, 5.74) is -0.139. The smallest absolute Gasteiger partial charge is 0.386 e. The van der Waals surface area contributed by atoms with Crippen LogP contribution < -0.4 is 21.3 Å². The fourth-order valence-electron chi connectivity index (χ4n) is 7.30. The summed E-state index contributed by atoms with van der Waals surface area (Å²) in [7, 11) is 1.37.